The number of carbonyl (C=O) groups is 1. The monoisotopic (exact) mass is 347 g/mol. The Morgan fingerprint density at radius 2 is 1.52 bits per heavy atom. The first-order valence-corrected chi connectivity index (χ1v) is 10.2. The van der Waals surface area contributed by atoms with Gasteiger partial charge in [-0.05, 0) is 37.5 Å². The lowest BCUT2D eigenvalue weighted by Gasteiger charge is -2.38. The van der Waals surface area contributed by atoms with Crippen LogP contribution in [0.2, 0.25) is 0 Å². The second kappa shape index (κ2) is 6.93. The molecular weight excluding hydrogens is 321 g/mol. The van der Waals surface area contributed by atoms with Crippen LogP contribution >= 0.6 is 0 Å². The van der Waals surface area contributed by atoms with Crippen molar-refractivity contribution in [2.45, 2.75) is 25.7 Å². The molecule has 2 aliphatic heterocycles. The molecule has 0 aromatic carbocycles. The smallest absolute Gasteiger partial charge is 0.320 e. The fraction of sp³-hybridized carbons (Fsp3) is 0.933. The third-order valence-corrected chi connectivity index (χ3v) is 7.22. The number of hydrogen-bond acceptors (Lipinski definition) is 3. The summed E-state index contributed by atoms with van der Waals surface area (Å²) in [5, 5.41) is 0. The molecule has 0 N–H and O–H groups in total. The minimum absolute atomic E-state index is 0.0157. The normalized spacial score (nSPS) is 29.6. The van der Waals surface area contributed by atoms with E-state index >= 15 is 0 Å². The number of alkyl halides is 1. The zero-order valence-corrected chi connectivity index (χ0v) is 14.3. The number of nitrogens with zero attached hydrogens (tertiary/aromatic N) is 3. The van der Waals surface area contributed by atoms with Crippen LogP contribution in [0.25, 0.3) is 0 Å². The zero-order valence-electron chi connectivity index (χ0n) is 13.5. The van der Waals surface area contributed by atoms with Crippen molar-refractivity contribution < 1.29 is 17.6 Å². The SMILES string of the molecule is O=C(N1CCCCC1)N1CCN(S(=O)(=O)C[C@@H]2C[C@H]2CF)CC1. The molecule has 3 fully saturated rings. The standard InChI is InChI=1S/C15H26FN3O3S/c16-11-13-10-14(13)12-23(21,22)19-8-6-18(7-9-19)15(20)17-4-2-1-3-5-17/h13-14H,1-12H2/t13-,14-/m0/s1. The highest BCUT2D eigenvalue weighted by Crippen LogP contribution is 2.40. The van der Waals surface area contributed by atoms with E-state index in [-0.39, 0.29) is 23.6 Å². The third kappa shape index (κ3) is 3.96. The lowest BCUT2D eigenvalue weighted by atomic mass is 10.1. The summed E-state index contributed by atoms with van der Waals surface area (Å²) in [7, 11) is -3.32. The van der Waals surface area contributed by atoms with E-state index in [1.54, 1.807) is 4.90 Å². The molecular formula is C15H26FN3O3S. The van der Waals surface area contributed by atoms with E-state index in [9.17, 15) is 17.6 Å². The summed E-state index contributed by atoms with van der Waals surface area (Å²) in [4.78, 5) is 16.1. The molecule has 3 aliphatic rings. The molecule has 2 atom stereocenters. The molecule has 0 bridgehead atoms. The second-order valence-corrected chi connectivity index (χ2v) is 8.92. The lowest BCUT2D eigenvalue weighted by molar-refractivity contribution is 0.126. The van der Waals surface area contributed by atoms with Crippen molar-refractivity contribution in [3.8, 4) is 0 Å². The van der Waals surface area contributed by atoms with Gasteiger partial charge in [0, 0.05) is 39.3 Å². The summed E-state index contributed by atoms with van der Waals surface area (Å²) in [6.45, 7) is 2.81. The van der Waals surface area contributed by atoms with Gasteiger partial charge in [-0.1, -0.05) is 0 Å². The maximum Gasteiger partial charge on any atom is 0.320 e. The molecule has 3 rings (SSSR count). The van der Waals surface area contributed by atoms with E-state index in [1.807, 2.05) is 4.90 Å². The van der Waals surface area contributed by atoms with E-state index in [2.05, 4.69) is 0 Å². The number of piperazine rings is 1. The Morgan fingerprint density at radius 3 is 2.09 bits per heavy atom. The Kier molecular flexibility index (Phi) is 5.10. The number of amides is 2. The largest absolute Gasteiger partial charge is 0.325 e. The van der Waals surface area contributed by atoms with Crippen LogP contribution in [-0.2, 0) is 10.0 Å². The number of carbonyl (C=O) groups excluding carboxylic acids is 1. The van der Waals surface area contributed by atoms with Gasteiger partial charge in [0.25, 0.3) is 0 Å². The van der Waals surface area contributed by atoms with Crippen molar-refractivity contribution in [3.05, 3.63) is 0 Å². The van der Waals surface area contributed by atoms with Crippen molar-refractivity contribution in [2.75, 3.05) is 51.7 Å². The molecule has 0 unspecified atom stereocenters. The Morgan fingerprint density at radius 1 is 0.913 bits per heavy atom. The molecule has 0 aromatic heterocycles. The highest BCUT2D eigenvalue weighted by Gasteiger charge is 2.42. The van der Waals surface area contributed by atoms with E-state index < -0.39 is 16.7 Å². The molecule has 1 aliphatic carbocycles. The Hall–Kier alpha value is -0.890. The van der Waals surface area contributed by atoms with E-state index in [0.29, 0.717) is 32.6 Å². The van der Waals surface area contributed by atoms with Gasteiger partial charge in [0.1, 0.15) is 0 Å². The lowest BCUT2D eigenvalue weighted by Crippen LogP contribution is -2.55. The first kappa shape index (κ1) is 17.0. The number of urea groups is 1. The van der Waals surface area contributed by atoms with Gasteiger partial charge >= 0.3 is 6.03 Å². The van der Waals surface area contributed by atoms with E-state index in [0.717, 1.165) is 25.9 Å². The number of halogens is 1. The zero-order chi connectivity index (χ0) is 16.4. The average molecular weight is 347 g/mol. The highest BCUT2D eigenvalue weighted by molar-refractivity contribution is 7.89. The number of hydrogen-bond donors (Lipinski definition) is 0. The maximum atomic E-state index is 12.5. The Balaban J connectivity index is 1.48. The van der Waals surface area contributed by atoms with Gasteiger partial charge in [-0.3, -0.25) is 4.39 Å². The average Bonchev–Trinajstić information content (AvgIpc) is 3.32. The molecule has 2 heterocycles. The summed E-state index contributed by atoms with van der Waals surface area (Å²) in [5.74, 6) is -0.0217. The predicted molar refractivity (Wildman–Crippen MR) is 85.3 cm³/mol. The van der Waals surface area contributed by atoms with Crippen LogP contribution in [0.4, 0.5) is 9.18 Å². The fourth-order valence-electron chi connectivity index (χ4n) is 3.52. The van der Waals surface area contributed by atoms with E-state index in [1.165, 1.54) is 10.7 Å². The molecule has 0 aromatic rings. The van der Waals surface area contributed by atoms with Crippen molar-refractivity contribution in [1.29, 1.82) is 0 Å². The molecule has 2 amide bonds. The van der Waals surface area contributed by atoms with Gasteiger partial charge in [0.15, 0.2) is 0 Å². The number of likely N-dealkylation sites (tertiary alicyclic amines) is 1. The van der Waals surface area contributed by atoms with Crippen LogP contribution in [0.1, 0.15) is 25.7 Å². The summed E-state index contributed by atoms with van der Waals surface area (Å²) in [6.07, 6.45) is 3.97. The van der Waals surface area contributed by atoms with Crippen molar-refractivity contribution >= 4 is 16.1 Å². The second-order valence-electron chi connectivity index (χ2n) is 6.91. The highest BCUT2D eigenvalue weighted by atomic mass is 32.2. The van der Waals surface area contributed by atoms with Crippen LogP contribution < -0.4 is 0 Å². The molecule has 132 valence electrons. The molecule has 8 heteroatoms. The minimum atomic E-state index is -3.32. The first-order valence-electron chi connectivity index (χ1n) is 8.59. The number of rotatable bonds is 4. The summed E-state index contributed by atoms with van der Waals surface area (Å²) >= 11 is 0. The van der Waals surface area contributed by atoms with Gasteiger partial charge < -0.3 is 9.80 Å². The Labute approximate surface area is 137 Å². The van der Waals surface area contributed by atoms with Crippen LogP contribution in [0.15, 0.2) is 0 Å². The quantitative estimate of drug-likeness (QED) is 0.766. The van der Waals surface area contributed by atoms with Crippen molar-refractivity contribution in [2.24, 2.45) is 11.8 Å². The molecule has 6 nitrogen and oxygen atoms in total. The maximum absolute atomic E-state index is 12.5. The third-order valence-electron chi connectivity index (χ3n) is 5.22. The van der Waals surface area contributed by atoms with Gasteiger partial charge in [0.05, 0.1) is 12.4 Å². The molecule has 2 saturated heterocycles. The van der Waals surface area contributed by atoms with Crippen LogP contribution in [0.5, 0.6) is 0 Å². The summed E-state index contributed by atoms with van der Waals surface area (Å²) < 4.78 is 38.7. The molecule has 23 heavy (non-hydrogen) atoms. The fourth-order valence-corrected chi connectivity index (χ4v) is 5.40. The summed E-state index contributed by atoms with van der Waals surface area (Å²) in [5.41, 5.74) is 0. The van der Waals surface area contributed by atoms with Gasteiger partial charge in [-0.15, -0.1) is 0 Å². The molecule has 0 radical (unpaired) electrons. The van der Waals surface area contributed by atoms with Gasteiger partial charge in [0.2, 0.25) is 10.0 Å². The molecule has 0 spiro atoms. The van der Waals surface area contributed by atoms with Crippen molar-refractivity contribution in [1.82, 2.24) is 14.1 Å². The van der Waals surface area contributed by atoms with Crippen LogP contribution in [0, 0.1) is 11.8 Å². The Bertz CT molecular complexity index is 528. The predicted octanol–water partition coefficient (Wildman–Crippen LogP) is 1.15. The van der Waals surface area contributed by atoms with Gasteiger partial charge in [-0.2, -0.15) is 4.31 Å². The van der Waals surface area contributed by atoms with Gasteiger partial charge in [-0.25, -0.2) is 13.2 Å². The minimum Gasteiger partial charge on any atom is -0.325 e. The summed E-state index contributed by atoms with van der Waals surface area (Å²) in [6, 6.07) is 0.0430. The topological polar surface area (TPSA) is 60.9 Å². The number of piperidine rings is 1. The first-order chi connectivity index (χ1) is 11.0. The molecule has 1 saturated carbocycles. The van der Waals surface area contributed by atoms with Crippen LogP contribution in [0.3, 0.4) is 0 Å². The van der Waals surface area contributed by atoms with E-state index in [4.69, 9.17) is 0 Å². The van der Waals surface area contributed by atoms with Crippen molar-refractivity contribution in [3.63, 3.8) is 0 Å². The van der Waals surface area contributed by atoms with Crippen LogP contribution in [-0.4, -0.2) is 80.2 Å². The number of sulfonamides is 1.